The molecule has 0 atom stereocenters. The third-order valence-corrected chi connectivity index (χ3v) is 9.28. The summed E-state index contributed by atoms with van der Waals surface area (Å²) in [6, 6.07) is 7.86. The Bertz CT molecular complexity index is 1340. The first-order chi connectivity index (χ1) is 17.1. The minimum Gasteiger partial charge on any atom is -0.309 e. The lowest BCUT2D eigenvalue weighted by Crippen LogP contribution is -2.38. The van der Waals surface area contributed by atoms with Gasteiger partial charge in [-0.25, -0.2) is 22.2 Å². The summed E-state index contributed by atoms with van der Waals surface area (Å²) in [6.45, 7) is 4.11. The van der Waals surface area contributed by atoms with Gasteiger partial charge in [0, 0.05) is 31.3 Å². The number of amides is 1. The van der Waals surface area contributed by atoms with Crippen molar-refractivity contribution in [3.05, 3.63) is 53.6 Å². The monoisotopic (exact) mass is 536 g/mol. The van der Waals surface area contributed by atoms with Gasteiger partial charge in [-0.15, -0.1) is 0 Å². The smallest absolute Gasteiger partial charge is 0.260 e. The van der Waals surface area contributed by atoms with Crippen molar-refractivity contribution >= 4 is 42.6 Å². The first-order valence-electron chi connectivity index (χ1n) is 11.9. The van der Waals surface area contributed by atoms with Crippen molar-refractivity contribution in [2.24, 2.45) is 5.92 Å². The van der Waals surface area contributed by atoms with E-state index in [9.17, 15) is 22.0 Å². The molecule has 1 amide bonds. The maximum Gasteiger partial charge on any atom is 0.260 e. The molecule has 1 fully saturated rings. The number of hydrogen-bond donors (Lipinski definition) is 0. The van der Waals surface area contributed by atoms with E-state index in [1.807, 2.05) is 19.0 Å². The number of sulfonamides is 1. The molecule has 0 unspecified atom stereocenters. The Kier molecular flexibility index (Phi) is 8.03. The number of fused-ring (bicyclic) bond motifs is 1. The fourth-order valence-corrected chi connectivity index (χ4v) is 6.69. The van der Waals surface area contributed by atoms with Gasteiger partial charge >= 0.3 is 0 Å². The molecule has 1 aliphatic rings. The summed E-state index contributed by atoms with van der Waals surface area (Å²) in [5.74, 6) is -1.37. The molecule has 0 radical (unpaired) electrons. The third kappa shape index (κ3) is 5.74. The summed E-state index contributed by atoms with van der Waals surface area (Å²) in [4.78, 5) is 21.4. The van der Waals surface area contributed by atoms with E-state index in [4.69, 9.17) is 0 Å². The number of rotatable bonds is 8. The Morgan fingerprint density at radius 2 is 1.78 bits per heavy atom. The number of anilines is 1. The molecule has 0 aliphatic carbocycles. The van der Waals surface area contributed by atoms with E-state index in [2.05, 4.69) is 11.9 Å². The molecule has 4 rings (SSSR count). The van der Waals surface area contributed by atoms with Gasteiger partial charge in [0.25, 0.3) is 5.91 Å². The van der Waals surface area contributed by atoms with Gasteiger partial charge in [0.15, 0.2) is 10.9 Å². The minimum atomic E-state index is -3.63. The predicted octanol–water partition coefficient (Wildman–Crippen LogP) is 4.59. The molecule has 3 aromatic rings. The van der Waals surface area contributed by atoms with Gasteiger partial charge in [-0.3, -0.25) is 9.69 Å². The lowest BCUT2D eigenvalue weighted by molar-refractivity contribution is 0.0986. The number of benzene rings is 2. The van der Waals surface area contributed by atoms with Crippen LogP contribution < -0.4 is 4.90 Å². The van der Waals surface area contributed by atoms with Crippen LogP contribution in [0.3, 0.4) is 0 Å². The number of hydrogen-bond acceptors (Lipinski definition) is 6. The molecule has 11 heteroatoms. The largest absolute Gasteiger partial charge is 0.309 e. The van der Waals surface area contributed by atoms with Crippen LogP contribution in [-0.4, -0.2) is 68.8 Å². The molecule has 7 nitrogen and oxygen atoms in total. The fraction of sp³-hybridized carbons (Fsp3) is 0.440. The fourth-order valence-electron chi connectivity index (χ4n) is 4.19. The van der Waals surface area contributed by atoms with Crippen LogP contribution >= 0.6 is 11.3 Å². The normalized spacial score (nSPS) is 15.6. The highest BCUT2D eigenvalue weighted by Gasteiger charge is 2.29. The molecule has 36 heavy (non-hydrogen) atoms. The number of nitrogens with zero attached hydrogens (tertiary/aromatic N) is 4. The summed E-state index contributed by atoms with van der Waals surface area (Å²) in [5.41, 5.74) is 0.302. The zero-order chi connectivity index (χ0) is 26.0. The zero-order valence-corrected chi connectivity index (χ0v) is 22.2. The Morgan fingerprint density at radius 1 is 1.11 bits per heavy atom. The standard InChI is InChI=1S/C25H30F2N4O3S2/c1-17-9-13-30(14-10-17)36(33,34)20-7-5-18(6-8-20)24(32)31(12-4-11-29(2)3)25-28-23-21(27)15-19(26)16-22(23)35-25/h5-8,15-17H,4,9-14H2,1-3H3. The highest BCUT2D eigenvalue weighted by Crippen LogP contribution is 2.32. The SMILES string of the molecule is CC1CCN(S(=O)(=O)c2ccc(C(=O)N(CCCN(C)C)c3nc4c(F)cc(F)cc4s3)cc2)CC1. The van der Waals surface area contributed by atoms with Gasteiger partial charge in [0.2, 0.25) is 10.0 Å². The lowest BCUT2D eigenvalue weighted by Gasteiger charge is -2.29. The van der Waals surface area contributed by atoms with Gasteiger partial charge in [0.05, 0.1) is 9.60 Å². The Hall–Kier alpha value is -2.47. The number of carbonyl (C=O) groups excluding carboxylic acids is 1. The van der Waals surface area contributed by atoms with Gasteiger partial charge in [-0.1, -0.05) is 18.3 Å². The molecule has 0 spiro atoms. The summed E-state index contributed by atoms with van der Waals surface area (Å²) in [5, 5.41) is 0.261. The van der Waals surface area contributed by atoms with Crippen molar-refractivity contribution in [1.82, 2.24) is 14.2 Å². The predicted molar refractivity (Wildman–Crippen MR) is 138 cm³/mol. The second-order valence-corrected chi connectivity index (χ2v) is 12.4. The van der Waals surface area contributed by atoms with Crippen LogP contribution in [0.15, 0.2) is 41.3 Å². The van der Waals surface area contributed by atoms with Crippen molar-refractivity contribution in [1.29, 1.82) is 0 Å². The number of halogens is 2. The van der Waals surface area contributed by atoms with Crippen LogP contribution in [0.4, 0.5) is 13.9 Å². The quantitative estimate of drug-likeness (QED) is 0.421. The summed E-state index contributed by atoms with van der Waals surface area (Å²) >= 11 is 1.04. The van der Waals surface area contributed by atoms with Crippen LogP contribution in [-0.2, 0) is 10.0 Å². The van der Waals surface area contributed by atoms with Gasteiger partial charge in [-0.05, 0) is 76.2 Å². The lowest BCUT2D eigenvalue weighted by atomic mass is 10.0. The summed E-state index contributed by atoms with van der Waals surface area (Å²) < 4.78 is 55.9. The van der Waals surface area contributed by atoms with Crippen LogP contribution in [0.2, 0.25) is 0 Å². The third-order valence-electron chi connectivity index (χ3n) is 6.35. The molecule has 194 valence electrons. The highest BCUT2D eigenvalue weighted by atomic mass is 32.2. The maximum atomic E-state index is 14.3. The number of thiazole rings is 1. The molecular weight excluding hydrogens is 506 g/mol. The summed E-state index contributed by atoms with van der Waals surface area (Å²) in [6.07, 6.45) is 2.28. The first kappa shape index (κ1) is 26.6. The zero-order valence-electron chi connectivity index (χ0n) is 20.6. The number of carbonyl (C=O) groups is 1. The molecule has 2 aromatic carbocycles. The summed E-state index contributed by atoms with van der Waals surface area (Å²) in [7, 11) is 0.207. The number of piperidine rings is 1. The van der Waals surface area contributed by atoms with Crippen LogP contribution in [0.1, 0.15) is 36.5 Å². The maximum absolute atomic E-state index is 14.3. The van der Waals surface area contributed by atoms with E-state index in [1.54, 1.807) is 0 Å². The van der Waals surface area contributed by atoms with E-state index in [0.29, 0.717) is 43.2 Å². The Balaban J connectivity index is 1.61. The average molecular weight is 537 g/mol. The van der Waals surface area contributed by atoms with Crippen LogP contribution in [0, 0.1) is 17.6 Å². The molecule has 1 aromatic heterocycles. The van der Waals surface area contributed by atoms with Gasteiger partial charge in [0.1, 0.15) is 11.3 Å². The molecule has 2 heterocycles. The molecule has 0 saturated carbocycles. The van der Waals surface area contributed by atoms with Gasteiger partial charge in [-0.2, -0.15) is 4.31 Å². The van der Waals surface area contributed by atoms with Crippen LogP contribution in [0.25, 0.3) is 10.2 Å². The van der Waals surface area contributed by atoms with Crippen LogP contribution in [0.5, 0.6) is 0 Å². The molecule has 0 bridgehead atoms. The van der Waals surface area contributed by atoms with E-state index < -0.39 is 21.7 Å². The number of aromatic nitrogens is 1. The van der Waals surface area contributed by atoms with Crippen molar-refractivity contribution in [3.8, 4) is 0 Å². The van der Waals surface area contributed by atoms with Gasteiger partial charge < -0.3 is 4.90 Å². The second kappa shape index (κ2) is 10.9. The van der Waals surface area contributed by atoms with Crippen molar-refractivity contribution < 1.29 is 22.0 Å². The Labute approximate surface area is 214 Å². The van der Waals surface area contributed by atoms with Crippen molar-refractivity contribution in [3.63, 3.8) is 0 Å². The Morgan fingerprint density at radius 3 is 2.42 bits per heavy atom. The van der Waals surface area contributed by atoms with E-state index in [1.165, 1.54) is 39.5 Å². The van der Waals surface area contributed by atoms with E-state index >= 15 is 0 Å². The first-order valence-corrected chi connectivity index (χ1v) is 14.1. The molecule has 0 N–H and O–H groups in total. The average Bonchev–Trinajstić information content (AvgIpc) is 3.25. The molecule has 1 aliphatic heterocycles. The van der Waals surface area contributed by atoms with E-state index in [0.717, 1.165) is 30.2 Å². The molecular formula is C25H30F2N4O3S2. The second-order valence-electron chi connectivity index (χ2n) is 9.46. The van der Waals surface area contributed by atoms with Crippen molar-refractivity contribution in [2.75, 3.05) is 45.2 Å². The highest BCUT2D eigenvalue weighted by molar-refractivity contribution is 7.89. The van der Waals surface area contributed by atoms with Crippen molar-refractivity contribution in [2.45, 2.75) is 31.1 Å². The minimum absolute atomic E-state index is 0.0131. The van der Waals surface area contributed by atoms with E-state index in [-0.39, 0.29) is 27.0 Å². The topological polar surface area (TPSA) is 73.8 Å². The molecule has 1 saturated heterocycles.